The van der Waals surface area contributed by atoms with Crippen LogP contribution in [0.25, 0.3) is 6.08 Å². The molecule has 0 radical (unpaired) electrons. The zero-order valence-electron chi connectivity index (χ0n) is 9.82. The van der Waals surface area contributed by atoms with E-state index in [0.29, 0.717) is 11.3 Å². The Labute approximate surface area is 106 Å². The lowest BCUT2D eigenvalue weighted by molar-refractivity contribution is 0.474. The molecule has 0 aromatic heterocycles. The molecule has 0 heterocycles. The molecule has 0 bridgehead atoms. The zero-order chi connectivity index (χ0) is 12.8. The van der Waals surface area contributed by atoms with E-state index in [1.807, 2.05) is 42.5 Å². The van der Waals surface area contributed by atoms with Crippen LogP contribution in [0.5, 0.6) is 5.75 Å². The number of nitrogens with two attached hydrogens (primary N) is 1. The van der Waals surface area contributed by atoms with Gasteiger partial charge in [0.15, 0.2) is 0 Å². The number of para-hydroxylation sites is 1. The third-order valence-electron chi connectivity index (χ3n) is 2.55. The molecule has 0 spiro atoms. The third kappa shape index (κ3) is 2.77. The van der Waals surface area contributed by atoms with Gasteiger partial charge in [-0.3, -0.25) is 0 Å². The average Bonchev–Trinajstić information content (AvgIpc) is 2.42. The molecule has 0 fully saturated rings. The largest absolute Gasteiger partial charge is 0.507 e. The summed E-state index contributed by atoms with van der Waals surface area (Å²) >= 11 is 0. The van der Waals surface area contributed by atoms with Crippen molar-refractivity contribution >= 4 is 11.8 Å². The molecule has 0 saturated heterocycles. The summed E-state index contributed by atoms with van der Waals surface area (Å²) in [5.41, 5.74) is 2.21. The number of hydrazone groups is 1. The Morgan fingerprint density at radius 1 is 1.00 bits per heavy atom. The molecule has 0 aliphatic heterocycles. The smallest absolute Gasteiger partial charge is 0.125 e. The first-order valence-electron chi connectivity index (χ1n) is 5.60. The molecule has 2 rings (SSSR count). The van der Waals surface area contributed by atoms with Gasteiger partial charge in [-0.2, -0.15) is 5.10 Å². The van der Waals surface area contributed by atoms with Gasteiger partial charge in [0.25, 0.3) is 0 Å². The minimum absolute atomic E-state index is 0.166. The molecule has 3 N–H and O–H groups in total. The van der Waals surface area contributed by atoms with Crippen LogP contribution in [0, 0.1) is 0 Å². The number of phenolic OH excluding ortho intramolecular Hbond substituents is 1. The lowest BCUT2D eigenvalue weighted by atomic mass is 10.1. The van der Waals surface area contributed by atoms with Crippen LogP contribution < -0.4 is 5.84 Å². The van der Waals surface area contributed by atoms with Gasteiger partial charge >= 0.3 is 0 Å². The van der Waals surface area contributed by atoms with E-state index in [1.165, 1.54) is 0 Å². The maximum atomic E-state index is 9.74. The van der Waals surface area contributed by atoms with Crippen molar-refractivity contribution in [3.63, 3.8) is 0 Å². The Hall–Kier alpha value is -2.55. The van der Waals surface area contributed by atoms with E-state index in [9.17, 15) is 5.11 Å². The summed E-state index contributed by atoms with van der Waals surface area (Å²) in [5.74, 6) is 5.53. The Bertz CT molecular complexity index is 574. The summed E-state index contributed by atoms with van der Waals surface area (Å²) in [7, 11) is 0. The normalized spacial score (nSPS) is 11.9. The molecule has 3 nitrogen and oxygen atoms in total. The van der Waals surface area contributed by atoms with Crippen molar-refractivity contribution < 1.29 is 5.11 Å². The summed E-state index contributed by atoms with van der Waals surface area (Å²) in [4.78, 5) is 0. The van der Waals surface area contributed by atoms with Gasteiger partial charge in [0.05, 0.1) is 5.71 Å². The zero-order valence-corrected chi connectivity index (χ0v) is 9.82. The van der Waals surface area contributed by atoms with Gasteiger partial charge < -0.3 is 10.9 Å². The van der Waals surface area contributed by atoms with Crippen molar-refractivity contribution in [2.24, 2.45) is 10.9 Å². The fourth-order valence-corrected chi connectivity index (χ4v) is 1.63. The highest BCUT2D eigenvalue weighted by molar-refractivity contribution is 6.12. The number of phenols is 1. The highest BCUT2D eigenvalue weighted by Gasteiger charge is 2.04. The van der Waals surface area contributed by atoms with E-state index in [4.69, 9.17) is 5.84 Å². The Kier molecular flexibility index (Phi) is 3.76. The van der Waals surface area contributed by atoms with Crippen LogP contribution in [-0.2, 0) is 0 Å². The molecule has 90 valence electrons. The molecular weight excluding hydrogens is 224 g/mol. The highest BCUT2D eigenvalue weighted by atomic mass is 16.3. The highest BCUT2D eigenvalue weighted by Crippen LogP contribution is 2.17. The predicted octanol–water partition coefficient (Wildman–Crippen LogP) is 2.77. The van der Waals surface area contributed by atoms with Gasteiger partial charge in [0.1, 0.15) is 5.75 Å². The van der Waals surface area contributed by atoms with Crippen LogP contribution in [0.15, 0.2) is 65.8 Å². The van der Waals surface area contributed by atoms with Crippen LogP contribution in [0.4, 0.5) is 0 Å². The van der Waals surface area contributed by atoms with Gasteiger partial charge in [0, 0.05) is 5.56 Å². The predicted molar refractivity (Wildman–Crippen MR) is 74.3 cm³/mol. The van der Waals surface area contributed by atoms with E-state index in [1.54, 1.807) is 24.3 Å². The second-order valence-corrected chi connectivity index (χ2v) is 3.78. The maximum absolute atomic E-state index is 9.74. The molecular formula is C15H14N2O. The number of allylic oxidation sites excluding steroid dienone is 1. The lowest BCUT2D eigenvalue weighted by Gasteiger charge is -2.02. The minimum atomic E-state index is 0.166. The molecule has 0 unspecified atom stereocenters. The van der Waals surface area contributed by atoms with E-state index in [2.05, 4.69) is 5.10 Å². The van der Waals surface area contributed by atoms with Crippen LogP contribution >= 0.6 is 0 Å². The first-order valence-corrected chi connectivity index (χ1v) is 5.60. The maximum Gasteiger partial charge on any atom is 0.125 e. The molecule has 2 aromatic rings. The molecule has 2 aromatic carbocycles. The molecule has 0 aliphatic rings. The first-order chi connectivity index (χ1) is 8.81. The monoisotopic (exact) mass is 238 g/mol. The van der Waals surface area contributed by atoms with Crippen LogP contribution in [0.3, 0.4) is 0 Å². The Morgan fingerprint density at radius 2 is 1.67 bits per heavy atom. The van der Waals surface area contributed by atoms with Gasteiger partial charge in [0.2, 0.25) is 0 Å². The van der Waals surface area contributed by atoms with E-state index >= 15 is 0 Å². The summed E-state index contributed by atoms with van der Waals surface area (Å²) in [6.07, 6.45) is 3.68. The molecule has 0 aliphatic carbocycles. The topological polar surface area (TPSA) is 58.6 Å². The summed E-state index contributed by atoms with van der Waals surface area (Å²) in [6, 6.07) is 16.8. The summed E-state index contributed by atoms with van der Waals surface area (Å²) < 4.78 is 0. The summed E-state index contributed by atoms with van der Waals surface area (Å²) in [5, 5.41) is 13.4. The standard InChI is InChI=1S/C15H14N2O/c16-17-14(13-8-4-5-9-15(13)18)11-10-12-6-2-1-3-7-12/h1-11,18H,16H2/b11-10-,17-14+. The Morgan fingerprint density at radius 3 is 2.33 bits per heavy atom. The van der Waals surface area contributed by atoms with Crippen molar-refractivity contribution in [3.05, 3.63) is 71.8 Å². The quantitative estimate of drug-likeness (QED) is 0.490. The second kappa shape index (κ2) is 5.68. The third-order valence-corrected chi connectivity index (χ3v) is 2.55. The number of aromatic hydroxyl groups is 1. The SMILES string of the molecule is N/N=C(\C=C/c1ccccc1)c1ccccc1O. The second-order valence-electron chi connectivity index (χ2n) is 3.78. The van der Waals surface area contributed by atoms with Gasteiger partial charge in [-0.15, -0.1) is 0 Å². The number of hydrogen-bond acceptors (Lipinski definition) is 3. The van der Waals surface area contributed by atoms with Crippen molar-refractivity contribution in [3.8, 4) is 5.75 Å². The van der Waals surface area contributed by atoms with Crippen LogP contribution in [-0.4, -0.2) is 10.8 Å². The molecule has 0 atom stereocenters. The first kappa shape index (κ1) is 11.9. The van der Waals surface area contributed by atoms with Gasteiger partial charge in [-0.1, -0.05) is 48.5 Å². The fraction of sp³-hybridized carbons (Fsp3) is 0. The van der Waals surface area contributed by atoms with Gasteiger partial charge in [-0.05, 0) is 23.8 Å². The number of nitrogens with zero attached hydrogens (tertiary/aromatic N) is 1. The summed E-state index contributed by atoms with van der Waals surface area (Å²) in [6.45, 7) is 0. The van der Waals surface area contributed by atoms with Crippen LogP contribution in [0.2, 0.25) is 0 Å². The van der Waals surface area contributed by atoms with Gasteiger partial charge in [-0.25, -0.2) is 0 Å². The number of hydrogen-bond donors (Lipinski definition) is 2. The molecule has 18 heavy (non-hydrogen) atoms. The number of benzene rings is 2. The van der Waals surface area contributed by atoms with Crippen LogP contribution in [0.1, 0.15) is 11.1 Å². The Balaban J connectivity index is 2.27. The average molecular weight is 238 g/mol. The van der Waals surface area contributed by atoms with Crippen molar-refractivity contribution in [2.45, 2.75) is 0 Å². The van der Waals surface area contributed by atoms with E-state index in [-0.39, 0.29) is 5.75 Å². The van der Waals surface area contributed by atoms with Crippen molar-refractivity contribution in [1.29, 1.82) is 0 Å². The fourth-order valence-electron chi connectivity index (χ4n) is 1.63. The molecule has 0 saturated carbocycles. The van der Waals surface area contributed by atoms with Crippen molar-refractivity contribution in [2.75, 3.05) is 0 Å². The molecule has 0 amide bonds. The molecule has 3 heteroatoms. The lowest BCUT2D eigenvalue weighted by Crippen LogP contribution is -2.00. The van der Waals surface area contributed by atoms with E-state index in [0.717, 1.165) is 5.56 Å². The number of rotatable bonds is 3. The van der Waals surface area contributed by atoms with E-state index < -0.39 is 0 Å². The minimum Gasteiger partial charge on any atom is -0.507 e. The van der Waals surface area contributed by atoms with Crippen molar-refractivity contribution in [1.82, 2.24) is 0 Å².